The molecule has 0 spiro atoms. The van der Waals surface area contributed by atoms with Crippen LogP contribution in [0.3, 0.4) is 0 Å². The second-order valence-electron chi connectivity index (χ2n) is 10.7. The van der Waals surface area contributed by atoms with Crippen molar-refractivity contribution in [2.45, 2.75) is 45.5 Å². The van der Waals surface area contributed by atoms with E-state index >= 15 is 0 Å². The standard InChI is InChI=1S/C34H36N4O4/c1-21-17-18-24-11-5-6-13-26(24)28(21)19-37-30-15-9-10-16-31(30)38(20-29(34(37)42)36-32(40)22(2)35-4)33(41)27-14-8-7-12-25(27)23(3)39/h5-18,22-23,29,35,39H,19-20H2,1-4H3,(H,36,40)/t22-,23-,29-/m0/s1. The Morgan fingerprint density at radius 3 is 2.33 bits per heavy atom. The molecule has 0 radical (unpaired) electrons. The van der Waals surface area contributed by atoms with Gasteiger partial charge in [0.05, 0.1) is 36.6 Å². The number of fused-ring (bicyclic) bond motifs is 2. The van der Waals surface area contributed by atoms with Crippen molar-refractivity contribution in [3.63, 3.8) is 0 Å². The van der Waals surface area contributed by atoms with Crippen LogP contribution >= 0.6 is 0 Å². The molecule has 4 aromatic carbocycles. The minimum Gasteiger partial charge on any atom is -0.389 e. The third-order valence-electron chi connectivity index (χ3n) is 8.01. The number of benzene rings is 4. The van der Waals surface area contributed by atoms with E-state index in [2.05, 4.69) is 16.7 Å². The molecule has 0 unspecified atom stereocenters. The monoisotopic (exact) mass is 564 g/mol. The highest BCUT2D eigenvalue weighted by molar-refractivity contribution is 6.13. The van der Waals surface area contributed by atoms with Crippen LogP contribution in [0.4, 0.5) is 11.4 Å². The van der Waals surface area contributed by atoms with Crippen molar-refractivity contribution in [3.05, 3.63) is 107 Å². The first kappa shape index (κ1) is 29.0. The molecule has 0 saturated heterocycles. The summed E-state index contributed by atoms with van der Waals surface area (Å²) in [7, 11) is 1.67. The van der Waals surface area contributed by atoms with Crippen molar-refractivity contribution < 1.29 is 19.5 Å². The van der Waals surface area contributed by atoms with Gasteiger partial charge in [-0.15, -0.1) is 0 Å². The van der Waals surface area contributed by atoms with Gasteiger partial charge in [0, 0.05) is 5.56 Å². The van der Waals surface area contributed by atoms with E-state index in [4.69, 9.17) is 0 Å². The summed E-state index contributed by atoms with van der Waals surface area (Å²) in [4.78, 5) is 44.9. The molecule has 0 bridgehead atoms. The number of nitrogens with zero attached hydrogens (tertiary/aromatic N) is 2. The maximum Gasteiger partial charge on any atom is 0.258 e. The first-order valence-corrected chi connectivity index (χ1v) is 14.2. The van der Waals surface area contributed by atoms with E-state index in [1.807, 2.05) is 61.5 Å². The summed E-state index contributed by atoms with van der Waals surface area (Å²) in [6, 6.07) is 24.8. The molecule has 1 aliphatic heterocycles. The van der Waals surface area contributed by atoms with Crippen molar-refractivity contribution >= 4 is 39.9 Å². The van der Waals surface area contributed by atoms with Crippen LogP contribution in [-0.4, -0.2) is 48.5 Å². The fourth-order valence-electron chi connectivity index (χ4n) is 5.49. The first-order chi connectivity index (χ1) is 20.2. The zero-order chi connectivity index (χ0) is 30.0. The molecule has 1 aliphatic rings. The molecule has 0 aromatic heterocycles. The SMILES string of the molecule is CN[C@@H](C)C(=O)N[C@H]1CN(C(=O)c2ccccc2[C@H](C)O)c2ccccc2N(Cc2c(C)ccc3ccccc23)C1=O. The Labute approximate surface area is 245 Å². The lowest BCUT2D eigenvalue weighted by Crippen LogP contribution is -2.55. The molecule has 0 aliphatic carbocycles. The van der Waals surface area contributed by atoms with Crippen molar-refractivity contribution in [2.24, 2.45) is 0 Å². The van der Waals surface area contributed by atoms with Gasteiger partial charge in [0.1, 0.15) is 6.04 Å². The van der Waals surface area contributed by atoms with E-state index in [9.17, 15) is 19.5 Å². The molecule has 216 valence electrons. The van der Waals surface area contributed by atoms with Crippen molar-refractivity contribution in [2.75, 3.05) is 23.4 Å². The smallest absolute Gasteiger partial charge is 0.258 e. The van der Waals surface area contributed by atoms with Crippen LogP contribution < -0.4 is 20.4 Å². The molecule has 8 heteroatoms. The molecule has 8 nitrogen and oxygen atoms in total. The Bertz CT molecular complexity index is 1650. The summed E-state index contributed by atoms with van der Waals surface area (Å²) in [5, 5.41) is 18.3. The van der Waals surface area contributed by atoms with E-state index in [-0.39, 0.29) is 30.8 Å². The summed E-state index contributed by atoms with van der Waals surface area (Å²) in [6.07, 6.45) is -0.869. The van der Waals surface area contributed by atoms with Gasteiger partial charge in [0.25, 0.3) is 11.8 Å². The van der Waals surface area contributed by atoms with Crippen LogP contribution in [0.15, 0.2) is 84.9 Å². The lowest BCUT2D eigenvalue weighted by atomic mass is 9.99. The van der Waals surface area contributed by atoms with E-state index in [1.165, 1.54) is 0 Å². The highest BCUT2D eigenvalue weighted by atomic mass is 16.3. The molecule has 5 rings (SSSR count). The second-order valence-corrected chi connectivity index (χ2v) is 10.7. The van der Waals surface area contributed by atoms with Gasteiger partial charge in [-0.2, -0.15) is 0 Å². The lowest BCUT2D eigenvalue weighted by Gasteiger charge is -2.27. The zero-order valence-corrected chi connectivity index (χ0v) is 24.3. The minimum absolute atomic E-state index is 0.0734. The van der Waals surface area contributed by atoms with Crippen LogP contribution in [0.25, 0.3) is 10.8 Å². The minimum atomic E-state index is -1.02. The van der Waals surface area contributed by atoms with Crippen molar-refractivity contribution in [1.82, 2.24) is 10.6 Å². The summed E-state index contributed by atoms with van der Waals surface area (Å²) in [5.41, 5.74) is 3.96. The third kappa shape index (κ3) is 5.51. The Hall–Kier alpha value is -4.53. The first-order valence-electron chi connectivity index (χ1n) is 14.2. The Morgan fingerprint density at radius 1 is 0.929 bits per heavy atom. The van der Waals surface area contributed by atoms with E-state index < -0.39 is 18.2 Å². The fraction of sp³-hybridized carbons (Fsp3) is 0.265. The number of hydrogen-bond acceptors (Lipinski definition) is 5. The number of aliphatic hydroxyl groups excluding tert-OH is 1. The van der Waals surface area contributed by atoms with Crippen LogP contribution in [0, 0.1) is 6.92 Å². The molecule has 42 heavy (non-hydrogen) atoms. The van der Waals surface area contributed by atoms with Gasteiger partial charge in [-0.05, 0) is 73.5 Å². The molecule has 0 fully saturated rings. The lowest BCUT2D eigenvalue weighted by molar-refractivity contribution is -0.128. The summed E-state index contributed by atoms with van der Waals surface area (Å²) >= 11 is 0. The average Bonchev–Trinajstić information content (AvgIpc) is 3.12. The predicted octanol–water partition coefficient (Wildman–Crippen LogP) is 4.49. The summed E-state index contributed by atoms with van der Waals surface area (Å²) in [5.74, 6) is -1.03. The second kappa shape index (κ2) is 12.1. The highest BCUT2D eigenvalue weighted by Gasteiger charge is 2.38. The number of para-hydroxylation sites is 2. The fourth-order valence-corrected chi connectivity index (χ4v) is 5.49. The van der Waals surface area contributed by atoms with Crippen molar-refractivity contribution in [1.29, 1.82) is 0 Å². The van der Waals surface area contributed by atoms with Crippen LogP contribution in [0.1, 0.15) is 47.0 Å². The number of nitrogens with one attached hydrogen (secondary N) is 2. The van der Waals surface area contributed by atoms with Gasteiger partial charge in [0.2, 0.25) is 5.91 Å². The Balaban J connectivity index is 1.66. The number of carbonyl (C=O) groups excluding carboxylic acids is 3. The molecule has 1 heterocycles. The number of aliphatic hydroxyl groups is 1. The quantitative estimate of drug-likeness (QED) is 0.307. The Morgan fingerprint density at radius 2 is 1.60 bits per heavy atom. The van der Waals surface area contributed by atoms with Gasteiger partial charge in [0.15, 0.2) is 0 Å². The molecule has 3 atom stereocenters. The van der Waals surface area contributed by atoms with Crippen LogP contribution in [0.5, 0.6) is 0 Å². The zero-order valence-electron chi connectivity index (χ0n) is 24.3. The van der Waals surface area contributed by atoms with E-state index in [0.717, 1.165) is 21.9 Å². The van der Waals surface area contributed by atoms with Crippen LogP contribution in [0.2, 0.25) is 0 Å². The van der Waals surface area contributed by atoms with Gasteiger partial charge in [-0.1, -0.05) is 66.7 Å². The maximum atomic E-state index is 14.4. The highest BCUT2D eigenvalue weighted by Crippen LogP contribution is 2.36. The number of amides is 3. The average molecular weight is 565 g/mol. The van der Waals surface area contributed by atoms with E-state index in [0.29, 0.717) is 22.5 Å². The molecule has 3 amide bonds. The number of carbonyl (C=O) groups is 3. The van der Waals surface area contributed by atoms with Crippen LogP contribution in [-0.2, 0) is 16.1 Å². The Kier molecular flexibility index (Phi) is 8.38. The number of anilines is 2. The maximum absolute atomic E-state index is 14.4. The number of aryl methyl sites for hydroxylation is 1. The summed E-state index contributed by atoms with van der Waals surface area (Å²) in [6.45, 7) is 5.53. The van der Waals surface area contributed by atoms with Gasteiger partial charge >= 0.3 is 0 Å². The normalized spacial score (nSPS) is 16.5. The molecular weight excluding hydrogens is 528 g/mol. The third-order valence-corrected chi connectivity index (χ3v) is 8.01. The summed E-state index contributed by atoms with van der Waals surface area (Å²) < 4.78 is 0. The van der Waals surface area contributed by atoms with E-state index in [1.54, 1.807) is 55.0 Å². The molecule has 4 aromatic rings. The van der Waals surface area contributed by atoms with Gasteiger partial charge in [-0.3, -0.25) is 14.4 Å². The van der Waals surface area contributed by atoms with Crippen molar-refractivity contribution in [3.8, 4) is 0 Å². The largest absolute Gasteiger partial charge is 0.389 e. The predicted molar refractivity (Wildman–Crippen MR) is 166 cm³/mol. The molecule has 0 saturated carbocycles. The topological polar surface area (TPSA) is 102 Å². The number of likely N-dealkylation sites (N-methyl/N-ethyl adjacent to an activating group) is 1. The van der Waals surface area contributed by atoms with Gasteiger partial charge < -0.3 is 25.5 Å². The van der Waals surface area contributed by atoms with Gasteiger partial charge in [-0.25, -0.2) is 0 Å². The molecule has 3 N–H and O–H groups in total. The number of hydrogen-bond donors (Lipinski definition) is 3. The number of rotatable bonds is 7. The molecular formula is C34H36N4O4.